The predicted molar refractivity (Wildman–Crippen MR) is 56.3 cm³/mol. The molecule has 5 heteroatoms. The molecule has 5 N–H and O–H groups in total. The smallest absolute Gasteiger partial charge is 0.320 e. The van der Waals surface area contributed by atoms with E-state index in [9.17, 15) is 4.79 Å². The van der Waals surface area contributed by atoms with E-state index in [-0.39, 0.29) is 6.04 Å². The van der Waals surface area contributed by atoms with Gasteiger partial charge in [-0.05, 0) is 19.3 Å². The van der Waals surface area contributed by atoms with Crippen LogP contribution in [0.3, 0.4) is 0 Å². The number of carboxylic acid groups (broad SMARTS) is 1. The van der Waals surface area contributed by atoms with Gasteiger partial charge in [0, 0.05) is 10.5 Å². The molecule has 0 bridgehead atoms. The first-order chi connectivity index (χ1) is 5.57. The fourth-order valence-corrected chi connectivity index (χ4v) is 1.60. The highest BCUT2D eigenvalue weighted by atomic mass is 127. The Hall–Kier alpha value is 0.120. The highest BCUT2D eigenvalue weighted by molar-refractivity contribution is 14.1. The second kappa shape index (κ2) is 6.62. The summed E-state index contributed by atoms with van der Waals surface area (Å²) in [5.74, 6) is -0.948. The molecule has 0 aromatic heterocycles. The van der Waals surface area contributed by atoms with Crippen molar-refractivity contribution < 1.29 is 9.90 Å². The van der Waals surface area contributed by atoms with Crippen molar-refractivity contribution in [3.63, 3.8) is 0 Å². The van der Waals surface area contributed by atoms with Gasteiger partial charge in [-0.25, -0.2) is 0 Å². The van der Waals surface area contributed by atoms with Crippen LogP contribution in [-0.4, -0.2) is 27.6 Å². The number of carbonyl (C=O) groups is 1. The highest BCUT2D eigenvalue weighted by Gasteiger charge is 2.12. The Kier molecular flexibility index (Phi) is 6.68. The highest BCUT2D eigenvalue weighted by Crippen LogP contribution is 2.03. The number of hydrogen-bond donors (Lipinski definition) is 3. The predicted octanol–water partition coefficient (Wildman–Crippen LogP) is 0.331. The molecule has 0 fully saturated rings. The van der Waals surface area contributed by atoms with Gasteiger partial charge in [0.1, 0.15) is 6.04 Å². The Morgan fingerprint density at radius 1 is 1.33 bits per heavy atom. The molecule has 0 saturated heterocycles. The Labute approximate surface area is 85.8 Å². The molecule has 0 spiro atoms. The zero-order valence-electron chi connectivity index (χ0n) is 6.87. The molecule has 0 amide bonds. The summed E-state index contributed by atoms with van der Waals surface area (Å²) < 4.78 is 1.00. The zero-order chi connectivity index (χ0) is 9.56. The van der Waals surface area contributed by atoms with Gasteiger partial charge in [0.05, 0.1) is 0 Å². The third kappa shape index (κ3) is 5.73. The van der Waals surface area contributed by atoms with E-state index in [4.69, 9.17) is 16.6 Å². The number of halogens is 1. The van der Waals surface area contributed by atoms with Crippen molar-refractivity contribution >= 4 is 28.6 Å². The molecule has 0 rings (SSSR count). The molecule has 0 aromatic carbocycles. The molecule has 0 heterocycles. The van der Waals surface area contributed by atoms with Crippen LogP contribution >= 0.6 is 22.6 Å². The van der Waals surface area contributed by atoms with E-state index in [1.807, 2.05) is 0 Å². The summed E-state index contributed by atoms with van der Waals surface area (Å²) in [6, 6.07) is -0.669. The quantitative estimate of drug-likeness (QED) is 0.485. The molecule has 0 aliphatic heterocycles. The summed E-state index contributed by atoms with van der Waals surface area (Å²) in [5.41, 5.74) is 11.0. The van der Waals surface area contributed by atoms with Gasteiger partial charge in [0.25, 0.3) is 0 Å². The van der Waals surface area contributed by atoms with E-state index in [2.05, 4.69) is 22.6 Å². The molecular formula is C7H15IN2O2. The first-order valence-corrected chi connectivity index (χ1v) is 5.40. The summed E-state index contributed by atoms with van der Waals surface area (Å²) in [5, 5.41) is 8.46. The SMILES string of the molecule is NC(CCI)CC[C@H](N)C(=O)O. The summed E-state index contributed by atoms with van der Waals surface area (Å²) >= 11 is 2.25. The van der Waals surface area contributed by atoms with Crippen molar-refractivity contribution in [1.82, 2.24) is 0 Å². The lowest BCUT2D eigenvalue weighted by molar-refractivity contribution is -0.138. The van der Waals surface area contributed by atoms with Crippen LogP contribution in [0.15, 0.2) is 0 Å². The third-order valence-corrected chi connectivity index (χ3v) is 2.27. The van der Waals surface area contributed by atoms with Crippen molar-refractivity contribution in [2.45, 2.75) is 31.3 Å². The minimum Gasteiger partial charge on any atom is -0.480 e. The van der Waals surface area contributed by atoms with E-state index in [1.165, 1.54) is 0 Å². The van der Waals surface area contributed by atoms with E-state index in [0.29, 0.717) is 12.8 Å². The topological polar surface area (TPSA) is 89.3 Å². The third-order valence-electron chi connectivity index (χ3n) is 1.65. The Balaban J connectivity index is 3.46. The molecule has 0 aliphatic rings. The minimum atomic E-state index is -0.948. The van der Waals surface area contributed by atoms with Crippen LogP contribution < -0.4 is 11.5 Å². The lowest BCUT2D eigenvalue weighted by Crippen LogP contribution is -2.32. The van der Waals surface area contributed by atoms with Crippen molar-refractivity contribution in [3.8, 4) is 0 Å². The van der Waals surface area contributed by atoms with E-state index in [1.54, 1.807) is 0 Å². The van der Waals surface area contributed by atoms with E-state index < -0.39 is 12.0 Å². The summed E-state index contributed by atoms with van der Waals surface area (Å²) in [6.07, 6.45) is 2.08. The van der Waals surface area contributed by atoms with Crippen molar-refractivity contribution in [2.24, 2.45) is 11.5 Å². The molecule has 0 radical (unpaired) electrons. The van der Waals surface area contributed by atoms with Gasteiger partial charge in [-0.1, -0.05) is 22.6 Å². The van der Waals surface area contributed by atoms with E-state index in [0.717, 1.165) is 10.8 Å². The molecular weight excluding hydrogens is 271 g/mol. The van der Waals surface area contributed by atoms with Crippen LogP contribution in [0.1, 0.15) is 19.3 Å². The summed E-state index contributed by atoms with van der Waals surface area (Å²) in [6.45, 7) is 0. The first-order valence-electron chi connectivity index (χ1n) is 3.88. The maximum atomic E-state index is 10.3. The second-order valence-corrected chi connectivity index (χ2v) is 3.84. The molecule has 0 saturated carbocycles. The average Bonchev–Trinajstić information content (AvgIpc) is 2.00. The van der Waals surface area contributed by atoms with Gasteiger partial charge in [-0.15, -0.1) is 0 Å². The van der Waals surface area contributed by atoms with Gasteiger partial charge in [0.15, 0.2) is 0 Å². The average molecular weight is 286 g/mol. The molecule has 72 valence electrons. The zero-order valence-corrected chi connectivity index (χ0v) is 9.03. The van der Waals surface area contributed by atoms with Gasteiger partial charge in [-0.3, -0.25) is 4.79 Å². The van der Waals surface area contributed by atoms with Crippen LogP contribution in [0.2, 0.25) is 0 Å². The van der Waals surface area contributed by atoms with Gasteiger partial charge < -0.3 is 16.6 Å². The number of aliphatic carboxylic acids is 1. The van der Waals surface area contributed by atoms with Crippen molar-refractivity contribution in [3.05, 3.63) is 0 Å². The van der Waals surface area contributed by atoms with Gasteiger partial charge in [0.2, 0.25) is 0 Å². The van der Waals surface area contributed by atoms with Crippen LogP contribution in [0.4, 0.5) is 0 Å². The number of rotatable bonds is 6. The van der Waals surface area contributed by atoms with Crippen LogP contribution in [0.5, 0.6) is 0 Å². The molecule has 0 aromatic rings. The Morgan fingerprint density at radius 2 is 1.92 bits per heavy atom. The normalized spacial score (nSPS) is 15.6. The number of hydrogen-bond acceptors (Lipinski definition) is 3. The van der Waals surface area contributed by atoms with Crippen molar-refractivity contribution in [2.75, 3.05) is 4.43 Å². The van der Waals surface area contributed by atoms with Crippen molar-refractivity contribution in [1.29, 1.82) is 0 Å². The number of nitrogens with two attached hydrogens (primary N) is 2. The summed E-state index contributed by atoms with van der Waals surface area (Å²) in [4.78, 5) is 10.3. The minimum absolute atomic E-state index is 0.0901. The van der Waals surface area contributed by atoms with Crippen LogP contribution in [0.25, 0.3) is 0 Å². The maximum absolute atomic E-state index is 10.3. The fraction of sp³-hybridized carbons (Fsp3) is 0.857. The van der Waals surface area contributed by atoms with E-state index >= 15 is 0 Å². The standard InChI is InChI=1S/C7H15IN2O2/c8-4-3-5(9)1-2-6(10)7(11)12/h5-6H,1-4,9-10H2,(H,11,12)/t5?,6-/m0/s1. The van der Waals surface area contributed by atoms with Gasteiger partial charge >= 0.3 is 5.97 Å². The first kappa shape index (κ1) is 12.1. The van der Waals surface area contributed by atoms with Gasteiger partial charge in [-0.2, -0.15) is 0 Å². The number of alkyl halides is 1. The molecule has 0 aliphatic carbocycles. The molecule has 2 atom stereocenters. The lowest BCUT2D eigenvalue weighted by Gasteiger charge is -2.11. The largest absolute Gasteiger partial charge is 0.480 e. The fourth-order valence-electron chi connectivity index (χ4n) is 0.802. The number of carboxylic acids is 1. The Morgan fingerprint density at radius 3 is 2.33 bits per heavy atom. The van der Waals surface area contributed by atoms with Crippen LogP contribution in [0, 0.1) is 0 Å². The molecule has 1 unspecified atom stereocenters. The van der Waals surface area contributed by atoms with Crippen LogP contribution in [-0.2, 0) is 4.79 Å². The Bertz CT molecular complexity index is 143. The maximum Gasteiger partial charge on any atom is 0.320 e. The molecule has 12 heavy (non-hydrogen) atoms. The second-order valence-electron chi connectivity index (χ2n) is 2.76. The summed E-state index contributed by atoms with van der Waals surface area (Å²) in [7, 11) is 0. The molecule has 4 nitrogen and oxygen atoms in total. The monoisotopic (exact) mass is 286 g/mol. The lowest BCUT2D eigenvalue weighted by atomic mass is 10.1.